The smallest absolute Gasteiger partial charge is 0.383 e. The van der Waals surface area contributed by atoms with E-state index in [4.69, 9.17) is 1.37 Å². The minimum Gasteiger partial charge on any atom is -0.383 e. The maximum absolute atomic E-state index is 14.0. The van der Waals surface area contributed by atoms with Crippen molar-refractivity contribution in [1.29, 1.82) is 10.5 Å². The van der Waals surface area contributed by atoms with Gasteiger partial charge in [0.05, 0.1) is 35.4 Å². The summed E-state index contributed by atoms with van der Waals surface area (Å²) in [5.41, 5.74) is 5.17. The van der Waals surface area contributed by atoms with Crippen molar-refractivity contribution in [3.05, 3.63) is 70.7 Å². The molecule has 1 atom stereocenters. The average Bonchev–Trinajstić information content (AvgIpc) is 3.66. The van der Waals surface area contributed by atoms with E-state index in [0.717, 1.165) is 11.1 Å². The fourth-order valence-corrected chi connectivity index (χ4v) is 4.81. The van der Waals surface area contributed by atoms with Crippen LogP contribution in [0, 0.1) is 40.9 Å². The fourth-order valence-electron chi connectivity index (χ4n) is 4.81. The maximum Gasteiger partial charge on any atom is 0.413 e. The Balaban J connectivity index is 1.65. The minimum absolute atomic E-state index is 0.0422. The molecule has 9 nitrogen and oxygen atoms in total. The number of nitrogens with zero attached hydrogens (tertiary/aromatic N) is 5. The van der Waals surface area contributed by atoms with Crippen LogP contribution in [-0.4, -0.2) is 33.2 Å². The molecule has 1 aliphatic heterocycles. The zero-order valence-electron chi connectivity index (χ0n) is 24.3. The van der Waals surface area contributed by atoms with Gasteiger partial charge in [-0.1, -0.05) is 26.8 Å². The van der Waals surface area contributed by atoms with Crippen LogP contribution in [0.2, 0.25) is 0 Å². The van der Waals surface area contributed by atoms with Crippen LogP contribution < -0.4 is 21.6 Å². The van der Waals surface area contributed by atoms with Crippen molar-refractivity contribution in [2.75, 3.05) is 17.2 Å². The van der Waals surface area contributed by atoms with Crippen LogP contribution in [0.15, 0.2) is 42.3 Å². The molecule has 0 unspecified atom stereocenters. The van der Waals surface area contributed by atoms with Crippen LogP contribution in [0.25, 0.3) is 10.9 Å². The summed E-state index contributed by atoms with van der Waals surface area (Å²) in [5, 5.41) is 27.6. The van der Waals surface area contributed by atoms with Gasteiger partial charge in [0.15, 0.2) is 5.54 Å². The molecule has 1 fully saturated rings. The van der Waals surface area contributed by atoms with Crippen molar-refractivity contribution in [2.45, 2.75) is 58.3 Å². The molecule has 0 saturated heterocycles. The first kappa shape index (κ1) is 27.5. The monoisotopic (exact) mass is 580 g/mol. The first-order valence-electron chi connectivity index (χ1n) is 13.7. The molecule has 3 aromatic rings. The molecule has 218 valence electrons. The quantitative estimate of drug-likeness (QED) is 0.206. The molecular weight excluding hydrogens is 550 g/mol. The fraction of sp³-hybridized carbons (Fsp3) is 0.379. The largest absolute Gasteiger partial charge is 0.413 e. The summed E-state index contributed by atoms with van der Waals surface area (Å²) in [5.74, 6) is -0.740. The van der Waals surface area contributed by atoms with Gasteiger partial charge in [0, 0.05) is 41.2 Å². The Morgan fingerprint density at radius 2 is 1.88 bits per heavy atom. The summed E-state index contributed by atoms with van der Waals surface area (Å²) in [6.07, 6.45) is -3.98. The molecule has 3 heterocycles. The Labute approximate surface area is 241 Å². The number of aromatic nitrogens is 2. The van der Waals surface area contributed by atoms with Crippen molar-refractivity contribution < 1.29 is 18.9 Å². The number of pyridine rings is 2. The van der Waals surface area contributed by atoms with Gasteiger partial charge in [-0.15, -0.1) is 5.53 Å². The van der Waals surface area contributed by atoms with E-state index in [0.29, 0.717) is 34.4 Å². The second-order valence-electron chi connectivity index (χ2n) is 11.6. The van der Waals surface area contributed by atoms with E-state index in [1.54, 1.807) is 13.0 Å². The van der Waals surface area contributed by atoms with E-state index in [-0.39, 0.29) is 40.8 Å². The van der Waals surface area contributed by atoms with Crippen LogP contribution in [0.1, 0.15) is 63.4 Å². The molecule has 1 aliphatic carbocycles. The van der Waals surface area contributed by atoms with E-state index in [1.807, 2.05) is 20.8 Å². The molecule has 4 N–H and O–H groups in total. The van der Waals surface area contributed by atoms with Crippen molar-refractivity contribution >= 4 is 22.3 Å². The number of hydrazine groups is 2. The summed E-state index contributed by atoms with van der Waals surface area (Å²) >= 11 is 0. The van der Waals surface area contributed by atoms with Crippen molar-refractivity contribution in [1.82, 2.24) is 25.9 Å². The third-order valence-corrected chi connectivity index (χ3v) is 7.23. The molecule has 0 bridgehead atoms. The van der Waals surface area contributed by atoms with Crippen LogP contribution in [0.3, 0.4) is 0 Å². The molecule has 2 aliphatic rings. The molecule has 42 heavy (non-hydrogen) atoms. The molecule has 2 aromatic heterocycles. The standard InChI is InChI=1S/C29H29F4N9/c1-16-20(5-6-23(30)38-16)26(22-14-42(41-40-22)28(7-8-28)29(31,32)33)39-19-9-17(11-34)24-21(10-19)25(18(12-35)13-36-24)37-15-27(2,3)4/h5-6,9-10,13-14,26,39-41H,7-8,15H2,1-4H3,(H,36,37)/t26-/m0/s1/i14D. The predicted octanol–water partition coefficient (Wildman–Crippen LogP) is 5.69. The summed E-state index contributed by atoms with van der Waals surface area (Å²) in [4.78, 5) is 8.23. The van der Waals surface area contributed by atoms with Gasteiger partial charge in [-0.3, -0.25) is 9.99 Å². The van der Waals surface area contributed by atoms with Crippen molar-refractivity contribution in [3.8, 4) is 12.1 Å². The van der Waals surface area contributed by atoms with E-state index in [9.17, 15) is 28.1 Å². The van der Waals surface area contributed by atoms with Crippen LogP contribution in [0.4, 0.5) is 28.9 Å². The van der Waals surface area contributed by atoms with Gasteiger partial charge < -0.3 is 16.1 Å². The van der Waals surface area contributed by atoms with Crippen molar-refractivity contribution in [3.63, 3.8) is 0 Å². The van der Waals surface area contributed by atoms with Gasteiger partial charge in [-0.2, -0.15) is 28.1 Å². The Hall–Kier alpha value is -4.62. The molecule has 5 rings (SSSR count). The normalized spacial score (nSPS) is 17.3. The SMILES string of the molecule is [2H]C1=C([C@@H](Nc2cc(C#N)c3ncc(C#N)c(NCC(C)(C)C)c3c2)c2ccc(F)nc2C)NNN1C1(C(F)(F)F)CC1. The molecule has 0 amide bonds. The number of anilines is 2. The Morgan fingerprint density at radius 1 is 1.17 bits per heavy atom. The summed E-state index contributed by atoms with van der Waals surface area (Å²) in [7, 11) is 0. The molecule has 13 heteroatoms. The number of hydrogen-bond acceptors (Lipinski definition) is 9. The average molecular weight is 581 g/mol. The highest BCUT2D eigenvalue weighted by Gasteiger charge is 2.67. The van der Waals surface area contributed by atoms with E-state index >= 15 is 0 Å². The molecular formula is C29H29F4N9. The van der Waals surface area contributed by atoms with E-state index in [1.165, 1.54) is 18.3 Å². The summed E-state index contributed by atoms with van der Waals surface area (Å²) in [6, 6.07) is 9.01. The van der Waals surface area contributed by atoms with Crippen molar-refractivity contribution in [2.24, 2.45) is 5.41 Å². The van der Waals surface area contributed by atoms with Gasteiger partial charge in [-0.25, -0.2) is 4.98 Å². The first-order chi connectivity index (χ1) is 20.2. The number of benzene rings is 1. The highest BCUT2D eigenvalue weighted by Crippen LogP contribution is 2.53. The topological polar surface area (TPSA) is 125 Å². The minimum atomic E-state index is -4.58. The van der Waals surface area contributed by atoms with Crippen LogP contribution in [0.5, 0.6) is 0 Å². The zero-order chi connectivity index (χ0) is 31.3. The Bertz CT molecular complexity index is 1710. The van der Waals surface area contributed by atoms with Gasteiger partial charge >= 0.3 is 6.18 Å². The lowest BCUT2D eigenvalue weighted by Gasteiger charge is -2.28. The Morgan fingerprint density at radius 3 is 2.48 bits per heavy atom. The summed E-state index contributed by atoms with van der Waals surface area (Å²) < 4.78 is 64.5. The number of nitriles is 2. The number of hydrogen-bond donors (Lipinski definition) is 4. The number of halogens is 4. The number of rotatable bonds is 7. The summed E-state index contributed by atoms with van der Waals surface area (Å²) in [6.45, 7) is 8.12. The van der Waals surface area contributed by atoms with E-state index < -0.39 is 29.9 Å². The third-order valence-electron chi connectivity index (χ3n) is 7.23. The molecule has 0 spiro atoms. The van der Waals surface area contributed by atoms with Gasteiger partial charge in [-0.05, 0) is 43.4 Å². The number of alkyl halides is 3. The lowest BCUT2D eigenvalue weighted by atomic mass is 9.96. The maximum atomic E-state index is 14.0. The van der Waals surface area contributed by atoms with E-state index in [2.05, 4.69) is 43.7 Å². The first-order valence-corrected chi connectivity index (χ1v) is 13.2. The molecule has 1 saturated carbocycles. The second-order valence-corrected chi connectivity index (χ2v) is 11.6. The van der Waals surface area contributed by atoms with Crippen LogP contribution in [-0.2, 0) is 0 Å². The lowest BCUT2D eigenvalue weighted by Crippen LogP contribution is -2.52. The highest BCUT2D eigenvalue weighted by molar-refractivity contribution is 5.99. The third kappa shape index (κ3) is 5.35. The number of nitrogens with one attached hydrogen (secondary N) is 4. The molecule has 0 radical (unpaired) electrons. The lowest BCUT2D eigenvalue weighted by molar-refractivity contribution is -0.195. The zero-order valence-corrected chi connectivity index (χ0v) is 23.3. The Kier molecular flexibility index (Phi) is 6.78. The van der Waals surface area contributed by atoms with Gasteiger partial charge in [0.25, 0.3) is 0 Å². The predicted molar refractivity (Wildman–Crippen MR) is 149 cm³/mol. The van der Waals surface area contributed by atoms with Gasteiger partial charge in [0.1, 0.15) is 12.1 Å². The van der Waals surface area contributed by atoms with Gasteiger partial charge in [0.2, 0.25) is 5.95 Å². The number of fused-ring (bicyclic) bond motifs is 1. The van der Waals surface area contributed by atoms with Crippen LogP contribution >= 0.6 is 0 Å². The highest BCUT2D eigenvalue weighted by atomic mass is 19.4. The molecule has 1 aromatic carbocycles. The number of aryl methyl sites for hydroxylation is 1. The second kappa shape index (κ2) is 10.3.